The van der Waals surface area contributed by atoms with Crippen LogP contribution in [0, 0.1) is 5.82 Å². The van der Waals surface area contributed by atoms with Gasteiger partial charge in [0.1, 0.15) is 5.82 Å². The van der Waals surface area contributed by atoms with Gasteiger partial charge in [0.25, 0.3) is 0 Å². The second kappa shape index (κ2) is 8.92. The first-order valence-corrected chi connectivity index (χ1v) is 9.08. The number of benzene rings is 2. The van der Waals surface area contributed by atoms with E-state index in [1.165, 1.54) is 17.7 Å². The van der Waals surface area contributed by atoms with Crippen LogP contribution in [0.3, 0.4) is 0 Å². The standard InChI is InChI=1S/C21H25FN2O2/c1-16(21(25)23-19-9-5-8-18(22)14-19)24-12-10-20(11-13-24)26-15-17-6-3-2-4-7-17/h2-9,14,16,20H,10-13,15H2,1H3,(H,23,25). The van der Waals surface area contributed by atoms with Crippen molar-refractivity contribution < 1.29 is 13.9 Å². The molecule has 1 fully saturated rings. The zero-order valence-electron chi connectivity index (χ0n) is 15.0. The fourth-order valence-corrected chi connectivity index (χ4v) is 3.20. The van der Waals surface area contributed by atoms with Gasteiger partial charge in [0.15, 0.2) is 0 Å². The maximum atomic E-state index is 13.2. The maximum absolute atomic E-state index is 13.2. The molecule has 1 aliphatic rings. The van der Waals surface area contributed by atoms with Gasteiger partial charge in [-0.3, -0.25) is 9.69 Å². The zero-order valence-corrected chi connectivity index (χ0v) is 15.0. The summed E-state index contributed by atoms with van der Waals surface area (Å²) in [5.74, 6) is -0.467. The number of amides is 1. The molecule has 0 radical (unpaired) electrons. The van der Waals surface area contributed by atoms with Crippen LogP contribution >= 0.6 is 0 Å². The first kappa shape index (κ1) is 18.5. The van der Waals surface area contributed by atoms with Gasteiger partial charge in [-0.05, 0) is 43.5 Å². The van der Waals surface area contributed by atoms with Gasteiger partial charge in [-0.1, -0.05) is 36.4 Å². The molecule has 1 aliphatic heterocycles. The Morgan fingerprint density at radius 3 is 2.62 bits per heavy atom. The first-order chi connectivity index (χ1) is 12.6. The van der Waals surface area contributed by atoms with E-state index in [0.717, 1.165) is 25.9 Å². The van der Waals surface area contributed by atoms with Crippen LogP contribution in [0.2, 0.25) is 0 Å². The van der Waals surface area contributed by atoms with Gasteiger partial charge >= 0.3 is 0 Å². The van der Waals surface area contributed by atoms with Crippen molar-refractivity contribution in [3.05, 3.63) is 66.0 Å². The Labute approximate surface area is 154 Å². The van der Waals surface area contributed by atoms with E-state index >= 15 is 0 Å². The molecule has 0 aromatic heterocycles. The minimum absolute atomic E-state index is 0.112. The maximum Gasteiger partial charge on any atom is 0.241 e. The predicted octanol–water partition coefficient (Wildman–Crippen LogP) is 3.83. The molecule has 1 heterocycles. The van der Waals surface area contributed by atoms with Crippen molar-refractivity contribution in [2.24, 2.45) is 0 Å². The lowest BCUT2D eigenvalue weighted by atomic mass is 10.1. The Morgan fingerprint density at radius 1 is 1.19 bits per heavy atom. The number of nitrogens with zero attached hydrogens (tertiary/aromatic N) is 1. The third-order valence-corrected chi connectivity index (χ3v) is 4.82. The molecule has 1 saturated heterocycles. The van der Waals surface area contributed by atoms with Crippen molar-refractivity contribution in [3.63, 3.8) is 0 Å². The average Bonchev–Trinajstić information content (AvgIpc) is 2.67. The lowest BCUT2D eigenvalue weighted by Crippen LogP contribution is -2.47. The molecule has 2 aromatic carbocycles. The van der Waals surface area contributed by atoms with E-state index in [1.807, 2.05) is 25.1 Å². The molecule has 138 valence electrons. The number of piperidine rings is 1. The number of halogens is 1. The fourth-order valence-electron chi connectivity index (χ4n) is 3.20. The molecule has 3 rings (SSSR count). The molecular weight excluding hydrogens is 331 g/mol. The number of hydrogen-bond donors (Lipinski definition) is 1. The Hall–Kier alpha value is -2.24. The van der Waals surface area contributed by atoms with Crippen LogP contribution in [0.15, 0.2) is 54.6 Å². The predicted molar refractivity (Wildman–Crippen MR) is 100 cm³/mol. The van der Waals surface area contributed by atoms with Gasteiger partial charge in [-0.25, -0.2) is 4.39 Å². The molecule has 26 heavy (non-hydrogen) atoms. The Balaban J connectivity index is 1.44. The normalized spacial score (nSPS) is 17.0. The fraction of sp³-hybridized carbons (Fsp3) is 0.381. The molecule has 0 spiro atoms. The molecule has 5 heteroatoms. The van der Waals surface area contributed by atoms with Crippen molar-refractivity contribution in [1.29, 1.82) is 0 Å². The zero-order chi connectivity index (χ0) is 18.4. The van der Waals surface area contributed by atoms with Gasteiger partial charge in [-0.15, -0.1) is 0 Å². The monoisotopic (exact) mass is 356 g/mol. The molecular formula is C21H25FN2O2. The van der Waals surface area contributed by atoms with Crippen LogP contribution in [0.5, 0.6) is 0 Å². The van der Waals surface area contributed by atoms with E-state index in [-0.39, 0.29) is 23.9 Å². The summed E-state index contributed by atoms with van der Waals surface area (Å²) < 4.78 is 19.2. The van der Waals surface area contributed by atoms with Crippen LogP contribution in [-0.4, -0.2) is 36.0 Å². The summed E-state index contributed by atoms with van der Waals surface area (Å²) in [7, 11) is 0. The van der Waals surface area contributed by atoms with Crippen molar-refractivity contribution >= 4 is 11.6 Å². The highest BCUT2D eigenvalue weighted by Crippen LogP contribution is 2.18. The lowest BCUT2D eigenvalue weighted by molar-refractivity contribution is -0.122. The summed E-state index contributed by atoms with van der Waals surface area (Å²) in [6, 6.07) is 15.9. The molecule has 0 saturated carbocycles. The summed E-state index contributed by atoms with van der Waals surface area (Å²) in [5.41, 5.74) is 1.67. The van der Waals surface area contributed by atoms with Crippen molar-refractivity contribution in [2.45, 2.75) is 38.5 Å². The minimum Gasteiger partial charge on any atom is -0.373 e. The van der Waals surface area contributed by atoms with E-state index in [0.29, 0.717) is 12.3 Å². The molecule has 0 aliphatic carbocycles. The SMILES string of the molecule is CC(C(=O)Nc1cccc(F)c1)N1CCC(OCc2ccccc2)CC1. The Kier molecular flexibility index (Phi) is 6.36. The van der Waals surface area contributed by atoms with E-state index in [2.05, 4.69) is 22.3 Å². The third kappa shape index (κ3) is 5.13. The summed E-state index contributed by atoms with van der Waals surface area (Å²) in [4.78, 5) is 14.6. The molecule has 2 aromatic rings. The number of nitrogens with one attached hydrogen (secondary N) is 1. The van der Waals surface area contributed by atoms with Gasteiger partial charge in [-0.2, -0.15) is 0 Å². The summed E-state index contributed by atoms with van der Waals surface area (Å²) in [5, 5.41) is 2.79. The lowest BCUT2D eigenvalue weighted by Gasteiger charge is -2.35. The van der Waals surface area contributed by atoms with Crippen molar-refractivity contribution in [1.82, 2.24) is 4.90 Å². The van der Waals surface area contributed by atoms with Gasteiger partial charge in [0, 0.05) is 18.8 Å². The molecule has 1 amide bonds. The van der Waals surface area contributed by atoms with Gasteiger partial charge < -0.3 is 10.1 Å². The number of carbonyl (C=O) groups is 1. The number of anilines is 1. The van der Waals surface area contributed by atoms with E-state index in [9.17, 15) is 9.18 Å². The summed E-state index contributed by atoms with van der Waals surface area (Å²) >= 11 is 0. The average molecular weight is 356 g/mol. The van der Waals surface area contributed by atoms with Crippen LogP contribution in [0.1, 0.15) is 25.3 Å². The number of rotatable bonds is 6. The summed E-state index contributed by atoms with van der Waals surface area (Å²) in [6.45, 7) is 4.15. The Bertz CT molecular complexity index is 715. The number of carbonyl (C=O) groups excluding carboxylic acids is 1. The van der Waals surface area contributed by atoms with Crippen LogP contribution in [-0.2, 0) is 16.1 Å². The van der Waals surface area contributed by atoms with Crippen LogP contribution in [0.25, 0.3) is 0 Å². The minimum atomic E-state index is -0.355. The van der Waals surface area contributed by atoms with Gasteiger partial charge in [0.05, 0.1) is 18.8 Å². The number of likely N-dealkylation sites (tertiary alicyclic amines) is 1. The van der Waals surface area contributed by atoms with Crippen LogP contribution in [0.4, 0.5) is 10.1 Å². The summed E-state index contributed by atoms with van der Waals surface area (Å²) in [6.07, 6.45) is 2.04. The van der Waals surface area contributed by atoms with Crippen molar-refractivity contribution in [2.75, 3.05) is 18.4 Å². The molecule has 1 atom stereocenters. The van der Waals surface area contributed by atoms with E-state index < -0.39 is 0 Å². The molecule has 1 N–H and O–H groups in total. The number of hydrogen-bond acceptors (Lipinski definition) is 3. The second-order valence-corrected chi connectivity index (χ2v) is 6.71. The Morgan fingerprint density at radius 2 is 1.92 bits per heavy atom. The smallest absolute Gasteiger partial charge is 0.241 e. The highest BCUT2D eigenvalue weighted by Gasteiger charge is 2.27. The van der Waals surface area contributed by atoms with Gasteiger partial charge in [0.2, 0.25) is 5.91 Å². The van der Waals surface area contributed by atoms with E-state index in [4.69, 9.17) is 4.74 Å². The molecule has 1 unspecified atom stereocenters. The van der Waals surface area contributed by atoms with Crippen molar-refractivity contribution in [3.8, 4) is 0 Å². The number of ether oxygens (including phenoxy) is 1. The highest BCUT2D eigenvalue weighted by molar-refractivity contribution is 5.94. The quantitative estimate of drug-likeness (QED) is 0.855. The third-order valence-electron chi connectivity index (χ3n) is 4.82. The molecule has 0 bridgehead atoms. The van der Waals surface area contributed by atoms with E-state index in [1.54, 1.807) is 12.1 Å². The second-order valence-electron chi connectivity index (χ2n) is 6.71. The largest absolute Gasteiger partial charge is 0.373 e. The topological polar surface area (TPSA) is 41.6 Å². The first-order valence-electron chi connectivity index (χ1n) is 9.08. The highest BCUT2D eigenvalue weighted by atomic mass is 19.1. The van der Waals surface area contributed by atoms with Crippen LogP contribution < -0.4 is 5.32 Å². The molecule has 4 nitrogen and oxygen atoms in total.